The Morgan fingerprint density at radius 2 is 1.73 bits per heavy atom. The molecule has 1 rings (SSSR count). The zero-order chi connectivity index (χ0) is 11.9. The fourth-order valence-electron chi connectivity index (χ4n) is 1.29. The Balaban J connectivity index is 3.28. The second kappa shape index (κ2) is 3.76. The Bertz CT molecular complexity index is 366. The molecule has 0 spiro atoms. The van der Waals surface area contributed by atoms with Gasteiger partial charge in [-0.25, -0.2) is 4.39 Å². The first-order valence-corrected chi connectivity index (χ1v) is 5.22. The largest absolute Gasteiger partial charge is 0.385 e. The molecule has 15 heavy (non-hydrogen) atoms. The minimum atomic E-state index is -1.22. The highest BCUT2D eigenvalue weighted by atomic mass is 35.5. The predicted molar refractivity (Wildman–Crippen MR) is 60.4 cm³/mol. The van der Waals surface area contributed by atoms with Gasteiger partial charge < -0.3 is 5.11 Å². The fourth-order valence-corrected chi connectivity index (χ4v) is 1.45. The number of aliphatic hydroxyl groups is 1. The normalized spacial score (nSPS) is 16.2. The van der Waals surface area contributed by atoms with E-state index in [-0.39, 0.29) is 5.56 Å². The molecule has 1 atom stereocenters. The van der Waals surface area contributed by atoms with Crippen molar-refractivity contribution in [1.82, 2.24) is 0 Å². The molecule has 3 heteroatoms. The van der Waals surface area contributed by atoms with Gasteiger partial charge in [-0.15, -0.1) is 0 Å². The van der Waals surface area contributed by atoms with E-state index in [0.717, 1.165) is 0 Å². The van der Waals surface area contributed by atoms with Crippen molar-refractivity contribution in [3.63, 3.8) is 0 Å². The van der Waals surface area contributed by atoms with Crippen molar-refractivity contribution in [2.75, 3.05) is 0 Å². The zero-order valence-electron chi connectivity index (χ0n) is 9.44. The summed E-state index contributed by atoms with van der Waals surface area (Å²) in [5, 5.41) is 10.6. The van der Waals surface area contributed by atoms with E-state index in [4.69, 9.17) is 11.6 Å². The Labute approximate surface area is 94.9 Å². The van der Waals surface area contributed by atoms with Gasteiger partial charge in [-0.05, 0) is 24.5 Å². The quantitative estimate of drug-likeness (QED) is 0.780. The Kier molecular flexibility index (Phi) is 3.13. The molecule has 0 aliphatic rings. The van der Waals surface area contributed by atoms with Gasteiger partial charge >= 0.3 is 0 Å². The van der Waals surface area contributed by atoms with Crippen LogP contribution in [-0.2, 0) is 5.60 Å². The highest BCUT2D eigenvalue weighted by Crippen LogP contribution is 2.40. The maximum absolute atomic E-state index is 13.6. The lowest BCUT2D eigenvalue weighted by Crippen LogP contribution is -2.37. The summed E-state index contributed by atoms with van der Waals surface area (Å²) in [6, 6.07) is 4.33. The SMILES string of the molecule is CC(C)(C)C(C)(O)c1ccc(Cl)cc1F. The smallest absolute Gasteiger partial charge is 0.130 e. The highest BCUT2D eigenvalue weighted by molar-refractivity contribution is 6.30. The van der Waals surface area contributed by atoms with Gasteiger partial charge in [0, 0.05) is 10.6 Å². The van der Waals surface area contributed by atoms with Crippen molar-refractivity contribution in [2.24, 2.45) is 5.41 Å². The molecule has 0 saturated heterocycles. The first-order valence-electron chi connectivity index (χ1n) is 4.84. The standard InChI is InChI=1S/C12H16ClFO/c1-11(2,3)12(4,15)9-6-5-8(13)7-10(9)14/h5-7,15H,1-4H3. The van der Waals surface area contributed by atoms with Gasteiger partial charge in [0.05, 0.1) is 5.60 Å². The molecule has 0 bridgehead atoms. The molecule has 0 aromatic heterocycles. The maximum Gasteiger partial charge on any atom is 0.130 e. The Morgan fingerprint density at radius 3 is 2.13 bits per heavy atom. The van der Waals surface area contributed by atoms with Crippen LogP contribution in [-0.4, -0.2) is 5.11 Å². The topological polar surface area (TPSA) is 20.2 Å². The van der Waals surface area contributed by atoms with Gasteiger partial charge in [-0.2, -0.15) is 0 Å². The van der Waals surface area contributed by atoms with Crippen LogP contribution >= 0.6 is 11.6 Å². The molecule has 1 unspecified atom stereocenters. The highest BCUT2D eigenvalue weighted by Gasteiger charge is 2.38. The second-order valence-corrected chi connectivity index (χ2v) is 5.38. The van der Waals surface area contributed by atoms with E-state index in [0.29, 0.717) is 5.02 Å². The monoisotopic (exact) mass is 230 g/mol. The average molecular weight is 231 g/mol. The average Bonchev–Trinajstić information content (AvgIpc) is 2.00. The molecule has 1 N–H and O–H groups in total. The van der Waals surface area contributed by atoms with Crippen molar-refractivity contribution in [2.45, 2.75) is 33.3 Å². The van der Waals surface area contributed by atoms with E-state index in [1.54, 1.807) is 13.0 Å². The summed E-state index contributed by atoms with van der Waals surface area (Å²) in [6.07, 6.45) is 0. The third-order valence-corrected chi connectivity index (χ3v) is 3.15. The summed E-state index contributed by atoms with van der Waals surface area (Å²) < 4.78 is 13.6. The molecule has 0 aliphatic heterocycles. The van der Waals surface area contributed by atoms with Crippen LogP contribution in [0.25, 0.3) is 0 Å². The molecule has 0 heterocycles. The van der Waals surface area contributed by atoms with Crippen LogP contribution in [0.15, 0.2) is 18.2 Å². The van der Waals surface area contributed by atoms with Crippen molar-refractivity contribution in [3.8, 4) is 0 Å². The van der Waals surface area contributed by atoms with E-state index in [1.165, 1.54) is 12.1 Å². The molecule has 0 saturated carbocycles. The van der Waals surface area contributed by atoms with E-state index >= 15 is 0 Å². The molecule has 0 fully saturated rings. The number of hydrogen-bond acceptors (Lipinski definition) is 1. The van der Waals surface area contributed by atoms with Crippen LogP contribution in [0.5, 0.6) is 0 Å². The number of hydrogen-bond donors (Lipinski definition) is 1. The summed E-state index contributed by atoms with van der Waals surface area (Å²) in [5.41, 5.74) is -1.39. The minimum Gasteiger partial charge on any atom is -0.385 e. The number of benzene rings is 1. The molecule has 1 aromatic rings. The second-order valence-electron chi connectivity index (χ2n) is 4.95. The molecule has 84 valence electrons. The van der Waals surface area contributed by atoms with Crippen molar-refractivity contribution >= 4 is 11.6 Å². The lowest BCUT2D eigenvalue weighted by molar-refractivity contribution is -0.0497. The van der Waals surface area contributed by atoms with E-state index in [2.05, 4.69) is 0 Å². The Morgan fingerprint density at radius 1 is 1.20 bits per heavy atom. The molecular formula is C12H16ClFO. The van der Waals surface area contributed by atoms with Gasteiger partial charge in [0.2, 0.25) is 0 Å². The summed E-state index contributed by atoms with van der Waals surface area (Å²) >= 11 is 5.66. The third kappa shape index (κ3) is 2.32. The first-order chi connectivity index (χ1) is 6.66. The van der Waals surface area contributed by atoms with Crippen LogP contribution < -0.4 is 0 Å². The minimum absolute atomic E-state index is 0.277. The van der Waals surface area contributed by atoms with Crippen LogP contribution in [0.3, 0.4) is 0 Å². The van der Waals surface area contributed by atoms with Gasteiger partial charge in [0.15, 0.2) is 0 Å². The van der Waals surface area contributed by atoms with Crippen molar-refractivity contribution in [3.05, 3.63) is 34.6 Å². The lowest BCUT2D eigenvalue weighted by Gasteiger charge is -2.37. The summed E-state index contributed by atoms with van der Waals surface area (Å²) in [6.45, 7) is 7.20. The van der Waals surface area contributed by atoms with E-state index in [1.807, 2.05) is 20.8 Å². The number of halogens is 2. The van der Waals surface area contributed by atoms with Crippen LogP contribution in [0, 0.1) is 11.2 Å². The first kappa shape index (κ1) is 12.5. The fraction of sp³-hybridized carbons (Fsp3) is 0.500. The van der Waals surface area contributed by atoms with Gasteiger partial charge in [0.1, 0.15) is 5.82 Å². The van der Waals surface area contributed by atoms with E-state index in [9.17, 15) is 9.50 Å². The summed E-state index contributed by atoms with van der Waals surface area (Å²) in [5.74, 6) is -0.470. The van der Waals surface area contributed by atoms with Crippen molar-refractivity contribution in [1.29, 1.82) is 0 Å². The summed E-state index contributed by atoms with van der Waals surface area (Å²) in [4.78, 5) is 0. The maximum atomic E-state index is 13.6. The molecule has 0 aliphatic carbocycles. The van der Waals surface area contributed by atoms with E-state index < -0.39 is 16.8 Å². The zero-order valence-corrected chi connectivity index (χ0v) is 10.2. The molecular weight excluding hydrogens is 215 g/mol. The van der Waals surface area contributed by atoms with Gasteiger partial charge in [-0.1, -0.05) is 38.4 Å². The van der Waals surface area contributed by atoms with Crippen LogP contribution in [0.2, 0.25) is 5.02 Å². The lowest BCUT2D eigenvalue weighted by atomic mass is 9.73. The van der Waals surface area contributed by atoms with Crippen LogP contribution in [0.4, 0.5) is 4.39 Å². The number of rotatable bonds is 1. The molecule has 1 nitrogen and oxygen atoms in total. The van der Waals surface area contributed by atoms with Crippen molar-refractivity contribution < 1.29 is 9.50 Å². The molecule has 0 amide bonds. The Hall–Kier alpha value is -0.600. The van der Waals surface area contributed by atoms with Gasteiger partial charge in [0.25, 0.3) is 0 Å². The predicted octanol–water partition coefficient (Wildman–Crippen LogP) is 3.73. The van der Waals surface area contributed by atoms with Crippen LogP contribution in [0.1, 0.15) is 33.3 Å². The van der Waals surface area contributed by atoms with Gasteiger partial charge in [-0.3, -0.25) is 0 Å². The summed E-state index contributed by atoms with van der Waals surface area (Å²) in [7, 11) is 0. The third-order valence-electron chi connectivity index (χ3n) is 2.92. The molecule has 1 aromatic carbocycles. The molecule has 0 radical (unpaired) electrons.